The highest BCUT2D eigenvalue weighted by molar-refractivity contribution is 5.23. The third kappa shape index (κ3) is 2.27. The highest BCUT2D eigenvalue weighted by Crippen LogP contribution is 2.25. The smallest absolute Gasteiger partial charge is 0.129 e. The summed E-state index contributed by atoms with van der Waals surface area (Å²) < 4.78 is 25.9. The quantitative estimate of drug-likeness (QED) is 0.765. The summed E-state index contributed by atoms with van der Waals surface area (Å²) in [5.74, 6) is -1.25. The minimum absolute atomic E-state index is 0.113. The molecular formula is C10H13F2NO. The van der Waals surface area contributed by atoms with E-state index in [0.29, 0.717) is 0 Å². The first kappa shape index (κ1) is 11.1. The van der Waals surface area contributed by atoms with Crippen molar-refractivity contribution in [2.75, 3.05) is 0 Å². The number of hydrogen-bond donors (Lipinski definition) is 2. The monoisotopic (exact) mass is 201 g/mol. The molecule has 0 saturated carbocycles. The summed E-state index contributed by atoms with van der Waals surface area (Å²) in [6.45, 7) is 3.09. The number of benzene rings is 1. The van der Waals surface area contributed by atoms with Gasteiger partial charge in [0.1, 0.15) is 11.6 Å². The van der Waals surface area contributed by atoms with E-state index < -0.39 is 23.3 Å². The molecule has 3 N–H and O–H groups in total. The molecule has 0 fully saturated rings. The van der Waals surface area contributed by atoms with Crippen LogP contribution < -0.4 is 5.73 Å². The molecule has 0 bridgehead atoms. The molecule has 2 nitrogen and oxygen atoms in total. The van der Waals surface area contributed by atoms with Crippen molar-refractivity contribution >= 4 is 0 Å². The van der Waals surface area contributed by atoms with Crippen molar-refractivity contribution in [2.24, 2.45) is 5.73 Å². The van der Waals surface area contributed by atoms with E-state index in [9.17, 15) is 13.9 Å². The van der Waals surface area contributed by atoms with Crippen LogP contribution in [0.3, 0.4) is 0 Å². The van der Waals surface area contributed by atoms with Crippen molar-refractivity contribution in [3.8, 4) is 0 Å². The lowest BCUT2D eigenvalue weighted by atomic mass is 9.92. The molecule has 0 aliphatic rings. The lowest BCUT2D eigenvalue weighted by Crippen LogP contribution is -2.39. The molecular weight excluding hydrogens is 188 g/mol. The first-order valence-electron chi connectivity index (χ1n) is 4.24. The van der Waals surface area contributed by atoms with E-state index in [-0.39, 0.29) is 5.56 Å². The Bertz CT molecular complexity index is 333. The van der Waals surface area contributed by atoms with Crippen LogP contribution >= 0.6 is 0 Å². The second-order valence-corrected chi connectivity index (χ2v) is 3.89. The molecule has 1 aromatic rings. The summed E-state index contributed by atoms with van der Waals surface area (Å²) in [6.07, 6.45) is -1.22. The number of aliphatic hydroxyl groups is 1. The average Bonchev–Trinajstić information content (AvgIpc) is 2.06. The lowest BCUT2D eigenvalue weighted by molar-refractivity contribution is 0.100. The Morgan fingerprint density at radius 2 is 1.93 bits per heavy atom. The van der Waals surface area contributed by atoms with Crippen LogP contribution in [-0.4, -0.2) is 10.6 Å². The second kappa shape index (κ2) is 3.63. The first-order chi connectivity index (χ1) is 6.32. The molecule has 0 radical (unpaired) electrons. The highest BCUT2D eigenvalue weighted by atomic mass is 19.1. The Balaban J connectivity index is 3.12. The molecule has 0 aliphatic carbocycles. The maximum Gasteiger partial charge on any atom is 0.129 e. The number of rotatable bonds is 2. The van der Waals surface area contributed by atoms with Crippen molar-refractivity contribution in [3.05, 3.63) is 35.4 Å². The number of halogens is 2. The Kier molecular flexibility index (Phi) is 2.87. The van der Waals surface area contributed by atoms with Gasteiger partial charge in [-0.15, -0.1) is 0 Å². The predicted molar refractivity (Wildman–Crippen MR) is 49.6 cm³/mol. The zero-order chi connectivity index (χ0) is 10.9. The van der Waals surface area contributed by atoms with E-state index >= 15 is 0 Å². The first-order valence-corrected chi connectivity index (χ1v) is 4.24. The Morgan fingerprint density at radius 1 is 1.36 bits per heavy atom. The number of nitrogens with two attached hydrogens (primary N) is 1. The van der Waals surface area contributed by atoms with Gasteiger partial charge in [0.2, 0.25) is 0 Å². The minimum atomic E-state index is -1.22. The number of hydrogen-bond acceptors (Lipinski definition) is 2. The second-order valence-electron chi connectivity index (χ2n) is 3.89. The van der Waals surface area contributed by atoms with E-state index in [1.54, 1.807) is 13.8 Å². The Hall–Kier alpha value is -1.00. The lowest BCUT2D eigenvalue weighted by Gasteiger charge is -2.26. The molecule has 14 heavy (non-hydrogen) atoms. The summed E-state index contributed by atoms with van der Waals surface area (Å²) in [5, 5.41) is 9.63. The van der Waals surface area contributed by atoms with Crippen LogP contribution in [0.15, 0.2) is 18.2 Å². The molecule has 1 atom stereocenters. The van der Waals surface area contributed by atoms with Crippen molar-refractivity contribution in [1.29, 1.82) is 0 Å². The molecule has 0 heterocycles. The van der Waals surface area contributed by atoms with Gasteiger partial charge in [0.05, 0.1) is 6.10 Å². The SMILES string of the molecule is CC(C)(N)C(O)c1cc(F)ccc1F. The van der Waals surface area contributed by atoms with E-state index in [1.165, 1.54) is 0 Å². The molecule has 1 rings (SSSR count). The van der Waals surface area contributed by atoms with E-state index in [2.05, 4.69) is 0 Å². The predicted octanol–water partition coefficient (Wildman–Crippen LogP) is 1.74. The normalized spacial score (nSPS) is 14.1. The van der Waals surface area contributed by atoms with Crippen LogP contribution in [0, 0.1) is 11.6 Å². The third-order valence-corrected chi connectivity index (χ3v) is 1.96. The van der Waals surface area contributed by atoms with Crippen LogP contribution in [-0.2, 0) is 0 Å². The van der Waals surface area contributed by atoms with E-state index in [4.69, 9.17) is 5.73 Å². The molecule has 0 amide bonds. The fourth-order valence-electron chi connectivity index (χ4n) is 1.12. The van der Waals surface area contributed by atoms with Gasteiger partial charge in [-0.05, 0) is 32.0 Å². The third-order valence-electron chi connectivity index (χ3n) is 1.96. The van der Waals surface area contributed by atoms with Crippen molar-refractivity contribution < 1.29 is 13.9 Å². The topological polar surface area (TPSA) is 46.2 Å². The van der Waals surface area contributed by atoms with Gasteiger partial charge in [-0.25, -0.2) is 8.78 Å². The standard InChI is InChI=1S/C10H13F2NO/c1-10(2,13)9(14)7-5-6(11)3-4-8(7)12/h3-5,9,14H,13H2,1-2H3. The maximum atomic E-state index is 13.2. The van der Waals surface area contributed by atoms with Crippen molar-refractivity contribution in [3.63, 3.8) is 0 Å². The highest BCUT2D eigenvalue weighted by Gasteiger charge is 2.27. The van der Waals surface area contributed by atoms with Crippen LogP contribution in [0.4, 0.5) is 8.78 Å². The summed E-state index contributed by atoms with van der Waals surface area (Å²) in [6, 6.07) is 2.92. The largest absolute Gasteiger partial charge is 0.386 e. The van der Waals surface area contributed by atoms with Crippen LogP contribution in [0.2, 0.25) is 0 Å². The summed E-state index contributed by atoms with van der Waals surface area (Å²) in [7, 11) is 0. The summed E-state index contributed by atoms with van der Waals surface area (Å²) >= 11 is 0. The van der Waals surface area contributed by atoms with Gasteiger partial charge in [-0.1, -0.05) is 0 Å². The maximum absolute atomic E-state index is 13.2. The Morgan fingerprint density at radius 3 is 2.43 bits per heavy atom. The molecule has 0 saturated heterocycles. The van der Waals surface area contributed by atoms with E-state index in [1.807, 2.05) is 0 Å². The van der Waals surface area contributed by atoms with Crippen LogP contribution in [0.5, 0.6) is 0 Å². The number of aliphatic hydroxyl groups excluding tert-OH is 1. The van der Waals surface area contributed by atoms with Gasteiger partial charge >= 0.3 is 0 Å². The molecule has 4 heteroatoms. The van der Waals surface area contributed by atoms with Gasteiger partial charge in [0.25, 0.3) is 0 Å². The van der Waals surface area contributed by atoms with Gasteiger partial charge in [0, 0.05) is 11.1 Å². The molecule has 1 aromatic carbocycles. The zero-order valence-corrected chi connectivity index (χ0v) is 8.09. The van der Waals surface area contributed by atoms with Gasteiger partial charge in [-0.2, -0.15) is 0 Å². The van der Waals surface area contributed by atoms with Crippen molar-refractivity contribution in [2.45, 2.75) is 25.5 Å². The summed E-state index contributed by atoms with van der Waals surface area (Å²) in [4.78, 5) is 0. The molecule has 0 aromatic heterocycles. The van der Waals surface area contributed by atoms with E-state index in [0.717, 1.165) is 18.2 Å². The van der Waals surface area contributed by atoms with Crippen LogP contribution in [0.25, 0.3) is 0 Å². The van der Waals surface area contributed by atoms with Crippen LogP contribution in [0.1, 0.15) is 25.5 Å². The molecule has 78 valence electrons. The van der Waals surface area contributed by atoms with Gasteiger partial charge in [-0.3, -0.25) is 0 Å². The minimum Gasteiger partial charge on any atom is -0.386 e. The molecule has 0 aliphatic heterocycles. The zero-order valence-electron chi connectivity index (χ0n) is 8.09. The molecule has 0 spiro atoms. The van der Waals surface area contributed by atoms with Crippen molar-refractivity contribution in [1.82, 2.24) is 0 Å². The fourth-order valence-corrected chi connectivity index (χ4v) is 1.12. The average molecular weight is 201 g/mol. The fraction of sp³-hybridized carbons (Fsp3) is 0.400. The summed E-state index contributed by atoms with van der Waals surface area (Å²) in [5.41, 5.74) is 4.47. The van der Waals surface area contributed by atoms with Gasteiger partial charge < -0.3 is 10.8 Å². The Labute approximate surface area is 81.4 Å². The van der Waals surface area contributed by atoms with Gasteiger partial charge in [0.15, 0.2) is 0 Å². The molecule has 1 unspecified atom stereocenters.